The molecule has 0 saturated heterocycles. The molecule has 0 atom stereocenters. The van der Waals surface area contributed by atoms with Crippen LogP contribution in [0.5, 0.6) is 0 Å². The lowest BCUT2D eigenvalue weighted by molar-refractivity contribution is -0.113. The van der Waals surface area contributed by atoms with Crippen LogP contribution in [0.15, 0.2) is 47.6 Å². The maximum absolute atomic E-state index is 13.7. The number of carbonyl (C=O) groups is 2. The summed E-state index contributed by atoms with van der Waals surface area (Å²) in [6, 6.07) is 10.5. The summed E-state index contributed by atoms with van der Waals surface area (Å²) in [5.74, 6) is -0.920. The van der Waals surface area contributed by atoms with Gasteiger partial charge in [0.2, 0.25) is 5.91 Å². The van der Waals surface area contributed by atoms with E-state index < -0.39 is 11.7 Å². The minimum atomic E-state index is -0.602. The molecule has 30 heavy (non-hydrogen) atoms. The Morgan fingerprint density at radius 2 is 1.93 bits per heavy atom. The predicted octanol–water partition coefficient (Wildman–Crippen LogP) is 3.92. The molecule has 0 spiro atoms. The molecule has 1 heterocycles. The van der Waals surface area contributed by atoms with Crippen molar-refractivity contribution in [2.24, 2.45) is 7.05 Å². The monoisotopic (exact) mass is 467 g/mol. The van der Waals surface area contributed by atoms with Gasteiger partial charge >= 0.3 is 0 Å². The molecule has 1 aromatic heterocycles. The quantitative estimate of drug-likeness (QED) is 0.514. The summed E-state index contributed by atoms with van der Waals surface area (Å²) in [4.78, 5) is 24.3. The molecular formula is C19H16Cl2FN5O2S. The first-order valence-corrected chi connectivity index (χ1v) is 10.4. The Bertz CT molecular complexity index is 1090. The van der Waals surface area contributed by atoms with Gasteiger partial charge in [-0.05, 0) is 30.3 Å². The van der Waals surface area contributed by atoms with Gasteiger partial charge in [0, 0.05) is 12.1 Å². The van der Waals surface area contributed by atoms with Gasteiger partial charge in [0.25, 0.3) is 5.91 Å². The van der Waals surface area contributed by atoms with Gasteiger partial charge < -0.3 is 15.2 Å². The zero-order valence-electron chi connectivity index (χ0n) is 15.7. The lowest BCUT2D eigenvalue weighted by atomic mass is 10.2. The minimum Gasteiger partial charge on any atom is -0.345 e. The number of nitrogens with zero attached hydrogens (tertiary/aromatic N) is 3. The van der Waals surface area contributed by atoms with Crippen molar-refractivity contribution in [2.75, 3.05) is 11.1 Å². The molecule has 0 aliphatic carbocycles. The Hall–Kier alpha value is -2.62. The summed E-state index contributed by atoms with van der Waals surface area (Å²) in [5.41, 5.74) is 0.370. The summed E-state index contributed by atoms with van der Waals surface area (Å²) in [6.07, 6.45) is 0. The predicted molar refractivity (Wildman–Crippen MR) is 114 cm³/mol. The number of amides is 2. The highest BCUT2D eigenvalue weighted by atomic mass is 35.5. The highest BCUT2D eigenvalue weighted by molar-refractivity contribution is 7.99. The second-order valence-corrected chi connectivity index (χ2v) is 7.87. The molecule has 0 unspecified atom stereocenters. The Morgan fingerprint density at radius 1 is 1.17 bits per heavy atom. The Morgan fingerprint density at radius 3 is 2.70 bits per heavy atom. The average molecular weight is 468 g/mol. The SMILES string of the molecule is Cn1c(CNC(=O)c2ccccc2F)nnc1SCC(=O)Nc1cc(Cl)ccc1Cl. The van der Waals surface area contributed by atoms with Crippen molar-refractivity contribution in [3.8, 4) is 0 Å². The molecule has 2 aromatic carbocycles. The molecular weight excluding hydrogens is 452 g/mol. The fraction of sp³-hybridized carbons (Fsp3) is 0.158. The third-order valence-electron chi connectivity index (χ3n) is 3.99. The number of thioether (sulfide) groups is 1. The first-order chi connectivity index (χ1) is 14.3. The fourth-order valence-corrected chi connectivity index (χ4v) is 3.50. The van der Waals surface area contributed by atoms with Crippen molar-refractivity contribution in [3.63, 3.8) is 0 Å². The minimum absolute atomic E-state index is 0.0504. The van der Waals surface area contributed by atoms with Gasteiger partial charge in [-0.3, -0.25) is 9.59 Å². The summed E-state index contributed by atoms with van der Waals surface area (Å²) < 4.78 is 15.3. The molecule has 0 bridgehead atoms. The van der Waals surface area contributed by atoms with Gasteiger partial charge in [-0.25, -0.2) is 4.39 Å². The van der Waals surface area contributed by atoms with Crippen LogP contribution in [-0.2, 0) is 18.4 Å². The van der Waals surface area contributed by atoms with Crippen molar-refractivity contribution in [1.82, 2.24) is 20.1 Å². The molecule has 0 fully saturated rings. The van der Waals surface area contributed by atoms with Crippen molar-refractivity contribution in [2.45, 2.75) is 11.7 Å². The Balaban J connectivity index is 1.55. The van der Waals surface area contributed by atoms with E-state index in [1.165, 1.54) is 30.0 Å². The molecule has 3 rings (SSSR count). The number of hydrogen-bond donors (Lipinski definition) is 2. The number of benzene rings is 2. The van der Waals surface area contributed by atoms with Crippen LogP contribution in [0, 0.1) is 5.82 Å². The van der Waals surface area contributed by atoms with Crippen LogP contribution < -0.4 is 10.6 Å². The van der Waals surface area contributed by atoms with E-state index in [1.807, 2.05) is 0 Å². The highest BCUT2D eigenvalue weighted by Crippen LogP contribution is 2.26. The van der Waals surface area contributed by atoms with Crippen LogP contribution in [-0.4, -0.2) is 32.3 Å². The Labute approximate surface area is 186 Å². The molecule has 0 aliphatic heterocycles. The maximum atomic E-state index is 13.7. The van der Waals surface area contributed by atoms with Crippen LogP contribution in [0.4, 0.5) is 10.1 Å². The largest absolute Gasteiger partial charge is 0.345 e. The summed E-state index contributed by atoms with van der Waals surface area (Å²) in [7, 11) is 1.71. The maximum Gasteiger partial charge on any atom is 0.254 e. The van der Waals surface area contributed by atoms with Gasteiger partial charge in [0.15, 0.2) is 11.0 Å². The highest BCUT2D eigenvalue weighted by Gasteiger charge is 2.15. The normalized spacial score (nSPS) is 10.7. The van der Waals surface area contributed by atoms with E-state index in [-0.39, 0.29) is 23.8 Å². The number of rotatable bonds is 7. The van der Waals surface area contributed by atoms with Crippen LogP contribution in [0.1, 0.15) is 16.2 Å². The zero-order chi connectivity index (χ0) is 21.7. The standard InChI is InChI=1S/C19H16Cl2FN5O2S/c1-27-16(9-23-18(29)12-4-2-3-5-14(12)22)25-26-19(27)30-10-17(28)24-15-8-11(20)6-7-13(15)21/h2-8H,9-10H2,1H3,(H,23,29)(H,24,28). The molecule has 2 amide bonds. The second kappa shape index (κ2) is 9.92. The number of anilines is 1. The summed E-state index contributed by atoms with van der Waals surface area (Å²) >= 11 is 13.1. The van der Waals surface area contributed by atoms with E-state index in [0.717, 1.165) is 0 Å². The van der Waals surface area contributed by atoms with E-state index in [4.69, 9.17) is 23.2 Å². The molecule has 0 radical (unpaired) electrons. The number of hydrogen-bond acceptors (Lipinski definition) is 5. The second-order valence-electron chi connectivity index (χ2n) is 6.08. The number of nitrogens with one attached hydrogen (secondary N) is 2. The van der Waals surface area contributed by atoms with Crippen LogP contribution in [0.25, 0.3) is 0 Å². The third-order valence-corrected chi connectivity index (χ3v) is 5.57. The molecule has 2 N–H and O–H groups in total. The van der Waals surface area contributed by atoms with E-state index in [2.05, 4.69) is 20.8 Å². The number of halogens is 3. The molecule has 156 valence electrons. The lowest BCUT2D eigenvalue weighted by Crippen LogP contribution is -2.25. The summed E-state index contributed by atoms with van der Waals surface area (Å²) in [5, 5.41) is 14.6. The molecule has 3 aromatic rings. The van der Waals surface area contributed by atoms with Crippen LogP contribution >= 0.6 is 35.0 Å². The van der Waals surface area contributed by atoms with E-state index in [1.54, 1.807) is 35.9 Å². The van der Waals surface area contributed by atoms with Crippen LogP contribution in [0.3, 0.4) is 0 Å². The van der Waals surface area contributed by atoms with Crippen molar-refractivity contribution in [3.05, 3.63) is 69.7 Å². The van der Waals surface area contributed by atoms with E-state index in [0.29, 0.717) is 26.7 Å². The van der Waals surface area contributed by atoms with Gasteiger partial charge in [-0.15, -0.1) is 10.2 Å². The zero-order valence-corrected chi connectivity index (χ0v) is 18.0. The van der Waals surface area contributed by atoms with Crippen LogP contribution in [0.2, 0.25) is 10.0 Å². The van der Waals surface area contributed by atoms with Gasteiger partial charge in [0.05, 0.1) is 28.6 Å². The first-order valence-electron chi connectivity index (χ1n) is 8.64. The van der Waals surface area contributed by atoms with Crippen molar-refractivity contribution < 1.29 is 14.0 Å². The van der Waals surface area contributed by atoms with Gasteiger partial charge in [0.1, 0.15) is 5.82 Å². The molecule has 0 saturated carbocycles. The molecule has 11 heteroatoms. The van der Waals surface area contributed by atoms with Gasteiger partial charge in [-0.2, -0.15) is 0 Å². The Kier molecular flexibility index (Phi) is 7.30. The summed E-state index contributed by atoms with van der Waals surface area (Å²) in [6.45, 7) is 0.0571. The molecule has 0 aliphatic rings. The fourth-order valence-electron chi connectivity index (χ4n) is 2.43. The average Bonchev–Trinajstić information content (AvgIpc) is 3.07. The smallest absolute Gasteiger partial charge is 0.254 e. The van der Waals surface area contributed by atoms with E-state index >= 15 is 0 Å². The number of aromatic nitrogens is 3. The lowest BCUT2D eigenvalue weighted by Gasteiger charge is -2.08. The topological polar surface area (TPSA) is 88.9 Å². The van der Waals surface area contributed by atoms with Crippen molar-refractivity contribution >= 4 is 52.5 Å². The van der Waals surface area contributed by atoms with E-state index in [9.17, 15) is 14.0 Å². The third kappa shape index (κ3) is 5.50. The molecule has 7 nitrogen and oxygen atoms in total. The first kappa shape index (κ1) is 22.1. The number of carbonyl (C=O) groups excluding carboxylic acids is 2. The van der Waals surface area contributed by atoms with Gasteiger partial charge in [-0.1, -0.05) is 47.1 Å². The van der Waals surface area contributed by atoms with Crippen molar-refractivity contribution in [1.29, 1.82) is 0 Å².